The normalized spacial score (nSPS) is 14.3. The summed E-state index contributed by atoms with van der Waals surface area (Å²) >= 11 is 3.16. The summed E-state index contributed by atoms with van der Waals surface area (Å²) in [4.78, 5) is 13.8. The van der Waals surface area contributed by atoms with E-state index in [1.54, 1.807) is 18.2 Å². The molecule has 2 heterocycles. The van der Waals surface area contributed by atoms with Crippen molar-refractivity contribution in [2.24, 2.45) is 0 Å². The third kappa shape index (κ3) is 2.18. The summed E-state index contributed by atoms with van der Waals surface area (Å²) in [5.41, 5.74) is 1.25. The van der Waals surface area contributed by atoms with Crippen LogP contribution in [0.5, 0.6) is 0 Å². The molecule has 1 aromatic heterocycles. The fourth-order valence-electron chi connectivity index (χ4n) is 2.37. The Hall–Kier alpha value is -1.62. The molecule has 0 spiro atoms. The van der Waals surface area contributed by atoms with E-state index in [1.807, 2.05) is 6.07 Å². The van der Waals surface area contributed by atoms with Gasteiger partial charge in [0.05, 0.1) is 5.69 Å². The molecule has 3 nitrogen and oxygen atoms in total. The number of carbonyl (C=O) groups is 1. The average Bonchev–Trinajstić information content (AvgIpc) is 2.84. The minimum absolute atomic E-state index is 0.211. The number of fused-ring (bicyclic) bond motifs is 1. The molecule has 5 heteroatoms. The number of anilines is 1. The van der Waals surface area contributed by atoms with Crippen molar-refractivity contribution in [3.63, 3.8) is 0 Å². The van der Waals surface area contributed by atoms with Gasteiger partial charge in [-0.15, -0.1) is 0 Å². The maximum atomic E-state index is 14.0. The molecule has 98 valence electrons. The van der Waals surface area contributed by atoms with Crippen LogP contribution >= 0.6 is 15.9 Å². The summed E-state index contributed by atoms with van der Waals surface area (Å²) < 4.78 is 19.7. The van der Waals surface area contributed by atoms with Crippen LogP contribution in [0, 0.1) is 5.82 Å². The summed E-state index contributed by atoms with van der Waals surface area (Å²) in [6.07, 6.45) is 1.61. The second-order valence-electron chi connectivity index (χ2n) is 4.41. The van der Waals surface area contributed by atoms with Crippen LogP contribution in [0.2, 0.25) is 0 Å². The smallest absolute Gasteiger partial charge is 0.294 e. The molecule has 2 aromatic rings. The molecular weight excluding hydrogens is 313 g/mol. The van der Waals surface area contributed by atoms with Gasteiger partial charge in [-0.1, -0.05) is 12.1 Å². The standard InChI is InChI=1S/C14H11BrFNO2/c15-12-7-6-11(19-12)14(18)17-8-2-4-9-3-1-5-10(16)13(9)17/h1,3,5-7H,2,4,8H2. The summed E-state index contributed by atoms with van der Waals surface area (Å²) in [6, 6.07) is 8.14. The lowest BCUT2D eigenvalue weighted by Gasteiger charge is -2.29. The molecule has 1 aliphatic rings. The lowest BCUT2D eigenvalue weighted by molar-refractivity contribution is 0.0956. The van der Waals surface area contributed by atoms with Gasteiger partial charge in [0.1, 0.15) is 5.82 Å². The molecule has 0 N–H and O–H groups in total. The third-order valence-electron chi connectivity index (χ3n) is 3.20. The number of carbonyl (C=O) groups excluding carboxylic acids is 1. The summed E-state index contributed by atoms with van der Waals surface area (Å²) in [7, 11) is 0. The Balaban J connectivity index is 2.02. The van der Waals surface area contributed by atoms with Gasteiger partial charge in [0.2, 0.25) is 0 Å². The summed E-state index contributed by atoms with van der Waals surface area (Å²) in [6.45, 7) is 0.505. The van der Waals surface area contributed by atoms with Gasteiger partial charge in [0, 0.05) is 6.54 Å². The molecule has 0 bridgehead atoms. The van der Waals surface area contributed by atoms with Crippen LogP contribution < -0.4 is 4.90 Å². The number of rotatable bonds is 1. The molecule has 0 radical (unpaired) electrons. The zero-order chi connectivity index (χ0) is 13.4. The number of amides is 1. The number of hydrogen-bond donors (Lipinski definition) is 0. The maximum Gasteiger partial charge on any atom is 0.294 e. The lowest BCUT2D eigenvalue weighted by Crippen LogP contribution is -2.36. The molecule has 0 fully saturated rings. The van der Waals surface area contributed by atoms with E-state index < -0.39 is 0 Å². The van der Waals surface area contributed by atoms with Crippen molar-refractivity contribution in [1.82, 2.24) is 0 Å². The van der Waals surface area contributed by atoms with Crippen molar-refractivity contribution < 1.29 is 13.6 Å². The molecule has 0 atom stereocenters. The Labute approximate surface area is 118 Å². The van der Waals surface area contributed by atoms with Crippen LogP contribution in [0.1, 0.15) is 22.5 Å². The van der Waals surface area contributed by atoms with Gasteiger partial charge in [0.25, 0.3) is 5.91 Å². The Morgan fingerprint density at radius 3 is 2.89 bits per heavy atom. The first-order valence-corrected chi connectivity index (χ1v) is 6.81. The molecule has 0 saturated carbocycles. The number of halogens is 2. The van der Waals surface area contributed by atoms with E-state index in [1.165, 1.54) is 11.0 Å². The summed E-state index contributed by atoms with van der Waals surface area (Å²) in [5.74, 6) is -0.462. The average molecular weight is 324 g/mol. The monoisotopic (exact) mass is 323 g/mol. The van der Waals surface area contributed by atoms with Crippen LogP contribution in [0.4, 0.5) is 10.1 Å². The van der Waals surface area contributed by atoms with Crippen molar-refractivity contribution in [3.05, 3.63) is 52.1 Å². The van der Waals surface area contributed by atoms with Gasteiger partial charge < -0.3 is 9.32 Å². The molecule has 19 heavy (non-hydrogen) atoms. The van der Waals surface area contributed by atoms with Crippen molar-refractivity contribution in [1.29, 1.82) is 0 Å². The van der Waals surface area contributed by atoms with Crippen molar-refractivity contribution in [3.8, 4) is 0 Å². The SMILES string of the molecule is O=C(c1ccc(Br)o1)N1CCCc2cccc(F)c21. The first-order valence-electron chi connectivity index (χ1n) is 6.01. The Morgan fingerprint density at radius 2 is 2.16 bits per heavy atom. The molecule has 0 aliphatic carbocycles. The Bertz CT molecular complexity index is 638. The first-order chi connectivity index (χ1) is 9.16. The molecule has 1 aromatic carbocycles. The quantitative estimate of drug-likeness (QED) is 0.800. The zero-order valence-electron chi connectivity index (χ0n) is 10.0. The van der Waals surface area contributed by atoms with Crippen LogP contribution in [0.15, 0.2) is 39.4 Å². The van der Waals surface area contributed by atoms with E-state index in [-0.39, 0.29) is 17.5 Å². The van der Waals surface area contributed by atoms with Crippen LogP contribution in [0.3, 0.4) is 0 Å². The van der Waals surface area contributed by atoms with Gasteiger partial charge in [-0.3, -0.25) is 4.79 Å². The zero-order valence-corrected chi connectivity index (χ0v) is 11.6. The topological polar surface area (TPSA) is 33.5 Å². The lowest BCUT2D eigenvalue weighted by atomic mass is 10.0. The molecule has 1 amide bonds. The van der Waals surface area contributed by atoms with E-state index in [2.05, 4.69) is 15.9 Å². The van der Waals surface area contributed by atoms with E-state index >= 15 is 0 Å². The Morgan fingerprint density at radius 1 is 1.32 bits per heavy atom. The predicted molar refractivity (Wildman–Crippen MR) is 72.8 cm³/mol. The fraction of sp³-hybridized carbons (Fsp3) is 0.214. The molecule has 3 rings (SSSR count). The van der Waals surface area contributed by atoms with E-state index in [4.69, 9.17) is 4.42 Å². The Kier molecular flexibility index (Phi) is 3.14. The predicted octanol–water partition coefficient (Wildman–Crippen LogP) is 3.77. The highest BCUT2D eigenvalue weighted by molar-refractivity contribution is 9.10. The highest BCUT2D eigenvalue weighted by Crippen LogP contribution is 2.31. The van der Waals surface area contributed by atoms with E-state index in [0.29, 0.717) is 16.9 Å². The van der Waals surface area contributed by atoms with Gasteiger partial charge >= 0.3 is 0 Å². The van der Waals surface area contributed by atoms with Crippen molar-refractivity contribution in [2.45, 2.75) is 12.8 Å². The van der Waals surface area contributed by atoms with Crippen molar-refractivity contribution >= 4 is 27.5 Å². The van der Waals surface area contributed by atoms with E-state index in [9.17, 15) is 9.18 Å². The van der Waals surface area contributed by atoms with Crippen LogP contribution in [-0.2, 0) is 6.42 Å². The van der Waals surface area contributed by atoms with Gasteiger partial charge in [-0.05, 0) is 52.5 Å². The third-order valence-corrected chi connectivity index (χ3v) is 3.62. The second-order valence-corrected chi connectivity index (χ2v) is 5.19. The minimum Gasteiger partial charge on any atom is -0.444 e. The minimum atomic E-state index is -0.365. The van der Waals surface area contributed by atoms with Crippen LogP contribution in [-0.4, -0.2) is 12.5 Å². The number of furan rings is 1. The van der Waals surface area contributed by atoms with Crippen molar-refractivity contribution in [2.75, 3.05) is 11.4 Å². The van der Waals surface area contributed by atoms with E-state index in [0.717, 1.165) is 18.4 Å². The molecule has 0 saturated heterocycles. The number of nitrogens with zero attached hydrogens (tertiary/aromatic N) is 1. The number of para-hydroxylation sites is 1. The molecular formula is C14H11BrFNO2. The van der Waals surface area contributed by atoms with Gasteiger partial charge in [-0.2, -0.15) is 0 Å². The number of hydrogen-bond acceptors (Lipinski definition) is 2. The second kappa shape index (κ2) is 4.81. The summed E-state index contributed by atoms with van der Waals surface area (Å²) in [5, 5.41) is 0. The first kappa shape index (κ1) is 12.4. The van der Waals surface area contributed by atoms with Gasteiger partial charge in [-0.25, -0.2) is 4.39 Å². The number of benzene rings is 1. The molecule has 0 unspecified atom stereocenters. The largest absolute Gasteiger partial charge is 0.444 e. The fourth-order valence-corrected chi connectivity index (χ4v) is 2.68. The van der Waals surface area contributed by atoms with Gasteiger partial charge in [0.15, 0.2) is 10.4 Å². The highest BCUT2D eigenvalue weighted by Gasteiger charge is 2.27. The van der Waals surface area contributed by atoms with Crippen LogP contribution in [0.25, 0.3) is 0 Å². The highest BCUT2D eigenvalue weighted by atomic mass is 79.9. The molecule has 1 aliphatic heterocycles. The maximum absolute atomic E-state index is 14.0. The number of aryl methyl sites for hydroxylation is 1.